The maximum Gasteiger partial charge on any atom is 0.243 e. The molecule has 0 spiro atoms. The summed E-state index contributed by atoms with van der Waals surface area (Å²) in [4.78, 5) is 16.1. The summed E-state index contributed by atoms with van der Waals surface area (Å²) in [6.07, 6.45) is 3.05. The van der Waals surface area contributed by atoms with Crippen LogP contribution in [0.25, 0.3) is 0 Å². The first-order chi connectivity index (χ1) is 12.4. The number of pyridine rings is 1. The summed E-state index contributed by atoms with van der Waals surface area (Å²) in [6.45, 7) is 4.22. The van der Waals surface area contributed by atoms with Crippen LogP contribution in [0.1, 0.15) is 29.8 Å². The third-order valence-electron chi connectivity index (χ3n) is 3.83. The van der Waals surface area contributed by atoms with Crippen LogP contribution in [-0.4, -0.2) is 43.2 Å². The molecule has 0 radical (unpaired) electrons. The number of carbonyl (C=O) groups is 1. The Labute approximate surface area is 158 Å². The highest BCUT2D eigenvalue weighted by atomic mass is 35.5. The first-order valence-corrected chi connectivity index (χ1v) is 10.0. The minimum Gasteiger partial charge on any atom is -0.369 e. The molecular formula is C18H21ClN2O4S. The lowest BCUT2D eigenvalue weighted by molar-refractivity contribution is 0.0726. The number of sulfonamides is 1. The van der Waals surface area contributed by atoms with Gasteiger partial charge in [0.1, 0.15) is 6.61 Å². The van der Waals surface area contributed by atoms with Crippen LogP contribution in [0.3, 0.4) is 0 Å². The summed E-state index contributed by atoms with van der Waals surface area (Å²) >= 11 is 6.14. The monoisotopic (exact) mass is 396 g/mol. The zero-order chi connectivity index (χ0) is 19.2. The molecule has 8 heteroatoms. The molecule has 0 saturated carbocycles. The molecule has 26 heavy (non-hydrogen) atoms. The highest BCUT2D eigenvalue weighted by Crippen LogP contribution is 2.23. The van der Waals surface area contributed by atoms with Crippen LogP contribution < -0.4 is 0 Å². The second kappa shape index (κ2) is 9.23. The summed E-state index contributed by atoms with van der Waals surface area (Å²) in [6, 6.07) is 7.82. The number of halogens is 1. The number of ether oxygens (including phenoxy) is 1. The molecule has 0 N–H and O–H groups in total. The molecule has 2 rings (SSSR count). The molecule has 0 aliphatic heterocycles. The van der Waals surface area contributed by atoms with E-state index in [1.54, 1.807) is 32.2 Å². The Kier molecular flexibility index (Phi) is 7.28. The fourth-order valence-corrected chi connectivity index (χ4v) is 4.08. The third kappa shape index (κ3) is 4.88. The lowest BCUT2D eigenvalue weighted by atomic mass is 10.2. The molecule has 1 aromatic carbocycles. The van der Waals surface area contributed by atoms with Gasteiger partial charge in [0.05, 0.1) is 11.5 Å². The molecule has 6 nitrogen and oxygen atoms in total. The first-order valence-electron chi connectivity index (χ1n) is 8.19. The Morgan fingerprint density at radius 3 is 2.58 bits per heavy atom. The van der Waals surface area contributed by atoms with Gasteiger partial charge in [0.2, 0.25) is 10.0 Å². The van der Waals surface area contributed by atoms with Crippen molar-refractivity contribution < 1.29 is 17.9 Å². The molecule has 0 saturated heterocycles. The summed E-state index contributed by atoms with van der Waals surface area (Å²) in [5.74, 6) is -0.207. The Morgan fingerprint density at radius 1 is 1.23 bits per heavy atom. The standard InChI is InChI=1S/C18H21ClN2O4S/c1-3-21(4-2)26(23,24)16-7-8-17(19)15(10-16)12-25-13-18(22)14-6-5-9-20-11-14/h5-11H,3-4,12-13H2,1-2H3. The van der Waals surface area contributed by atoms with Crippen molar-refractivity contribution in [2.45, 2.75) is 25.3 Å². The quantitative estimate of drug-likeness (QED) is 0.608. The van der Waals surface area contributed by atoms with Gasteiger partial charge in [-0.05, 0) is 35.9 Å². The number of rotatable bonds is 9. The smallest absolute Gasteiger partial charge is 0.243 e. The van der Waals surface area contributed by atoms with E-state index in [0.29, 0.717) is 29.2 Å². The molecule has 1 heterocycles. The van der Waals surface area contributed by atoms with Gasteiger partial charge in [-0.3, -0.25) is 9.78 Å². The number of Topliss-reactive ketones (excluding diaryl/α,β-unsaturated/α-hetero) is 1. The van der Waals surface area contributed by atoms with Crippen LogP contribution in [0.15, 0.2) is 47.6 Å². The summed E-state index contributed by atoms with van der Waals surface area (Å²) in [5, 5.41) is 0.386. The van der Waals surface area contributed by atoms with Crippen LogP contribution in [0, 0.1) is 0 Å². The van der Waals surface area contributed by atoms with E-state index >= 15 is 0 Å². The van der Waals surface area contributed by atoms with Gasteiger partial charge in [0, 0.05) is 36.1 Å². The van der Waals surface area contributed by atoms with E-state index in [9.17, 15) is 13.2 Å². The maximum atomic E-state index is 12.6. The number of carbonyl (C=O) groups excluding carboxylic acids is 1. The number of hydrogen-bond acceptors (Lipinski definition) is 5. The third-order valence-corrected chi connectivity index (χ3v) is 6.25. The van der Waals surface area contributed by atoms with Gasteiger partial charge in [-0.15, -0.1) is 0 Å². The van der Waals surface area contributed by atoms with Crippen molar-refractivity contribution >= 4 is 27.4 Å². The molecule has 0 aliphatic rings. The molecule has 140 valence electrons. The Morgan fingerprint density at radius 2 is 1.96 bits per heavy atom. The first kappa shape index (κ1) is 20.5. The number of benzene rings is 1. The minimum absolute atomic E-state index is 0.0342. The van der Waals surface area contributed by atoms with Crippen molar-refractivity contribution in [3.63, 3.8) is 0 Å². The molecule has 0 aliphatic carbocycles. The van der Waals surface area contributed by atoms with E-state index < -0.39 is 10.0 Å². The van der Waals surface area contributed by atoms with Crippen LogP contribution >= 0.6 is 11.6 Å². The fourth-order valence-electron chi connectivity index (χ4n) is 2.40. The molecule has 0 atom stereocenters. The number of aromatic nitrogens is 1. The van der Waals surface area contributed by atoms with Gasteiger partial charge < -0.3 is 4.74 Å². The van der Waals surface area contributed by atoms with E-state index in [-0.39, 0.29) is 23.9 Å². The average Bonchev–Trinajstić information content (AvgIpc) is 2.64. The van der Waals surface area contributed by atoms with Crippen molar-refractivity contribution in [2.75, 3.05) is 19.7 Å². The highest BCUT2D eigenvalue weighted by Gasteiger charge is 2.22. The molecule has 2 aromatic rings. The summed E-state index contributed by atoms with van der Waals surface area (Å²) in [7, 11) is -3.58. The number of ketones is 1. The lowest BCUT2D eigenvalue weighted by Gasteiger charge is -2.19. The van der Waals surface area contributed by atoms with Crippen LogP contribution in [0.4, 0.5) is 0 Å². The van der Waals surface area contributed by atoms with Gasteiger partial charge in [-0.2, -0.15) is 4.31 Å². The molecule has 0 amide bonds. The number of hydrogen-bond donors (Lipinski definition) is 0. The van der Waals surface area contributed by atoms with Gasteiger partial charge in [0.15, 0.2) is 5.78 Å². The van der Waals surface area contributed by atoms with Crippen molar-refractivity contribution in [2.24, 2.45) is 0 Å². The Balaban J connectivity index is 2.09. The van der Waals surface area contributed by atoms with Crippen molar-refractivity contribution in [1.82, 2.24) is 9.29 Å². The fraction of sp³-hybridized carbons (Fsp3) is 0.333. The average molecular weight is 397 g/mol. The van der Waals surface area contributed by atoms with E-state index in [0.717, 1.165) is 0 Å². The highest BCUT2D eigenvalue weighted by molar-refractivity contribution is 7.89. The van der Waals surface area contributed by atoms with Crippen molar-refractivity contribution in [3.8, 4) is 0 Å². The van der Waals surface area contributed by atoms with Gasteiger partial charge >= 0.3 is 0 Å². The van der Waals surface area contributed by atoms with Crippen LogP contribution in [0.5, 0.6) is 0 Å². The molecular weight excluding hydrogens is 376 g/mol. The lowest BCUT2D eigenvalue weighted by Crippen LogP contribution is -2.30. The zero-order valence-electron chi connectivity index (χ0n) is 14.7. The van der Waals surface area contributed by atoms with E-state index in [4.69, 9.17) is 16.3 Å². The Bertz CT molecular complexity index is 853. The second-order valence-electron chi connectivity index (χ2n) is 5.50. The normalized spacial score (nSPS) is 11.7. The Hall–Kier alpha value is -1.80. The predicted molar refractivity (Wildman–Crippen MR) is 99.8 cm³/mol. The molecule has 0 unspecified atom stereocenters. The number of nitrogens with zero attached hydrogens (tertiary/aromatic N) is 2. The minimum atomic E-state index is -3.58. The van der Waals surface area contributed by atoms with Gasteiger partial charge in [-0.25, -0.2) is 8.42 Å². The van der Waals surface area contributed by atoms with Crippen molar-refractivity contribution in [3.05, 3.63) is 58.9 Å². The van der Waals surface area contributed by atoms with Crippen molar-refractivity contribution in [1.29, 1.82) is 0 Å². The van der Waals surface area contributed by atoms with Crippen LogP contribution in [-0.2, 0) is 21.4 Å². The second-order valence-corrected chi connectivity index (χ2v) is 7.85. The topological polar surface area (TPSA) is 76.6 Å². The largest absolute Gasteiger partial charge is 0.369 e. The van der Waals surface area contributed by atoms with E-state index in [1.807, 2.05) is 0 Å². The predicted octanol–water partition coefficient (Wildman–Crippen LogP) is 3.17. The van der Waals surface area contributed by atoms with E-state index in [1.165, 1.54) is 28.7 Å². The maximum absolute atomic E-state index is 12.6. The SMILES string of the molecule is CCN(CC)S(=O)(=O)c1ccc(Cl)c(COCC(=O)c2cccnc2)c1. The van der Waals surface area contributed by atoms with Gasteiger partial charge in [-0.1, -0.05) is 25.4 Å². The zero-order valence-corrected chi connectivity index (χ0v) is 16.3. The van der Waals surface area contributed by atoms with Gasteiger partial charge in [0.25, 0.3) is 0 Å². The molecule has 0 fully saturated rings. The molecule has 1 aromatic heterocycles. The van der Waals surface area contributed by atoms with Crippen LogP contribution in [0.2, 0.25) is 5.02 Å². The summed E-state index contributed by atoms with van der Waals surface area (Å²) < 4.78 is 32.0. The van der Waals surface area contributed by atoms with E-state index in [2.05, 4.69) is 4.98 Å². The summed E-state index contributed by atoms with van der Waals surface area (Å²) in [5.41, 5.74) is 0.968. The molecule has 0 bridgehead atoms.